The van der Waals surface area contributed by atoms with E-state index in [2.05, 4.69) is 21.2 Å². The van der Waals surface area contributed by atoms with E-state index in [9.17, 15) is 19.1 Å². The fraction of sp³-hybridized carbons (Fsp3) is 0.467. The number of nitrogens with one attached hydrogen (secondary N) is 1. The van der Waals surface area contributed by atoms with Crippen molar-refractivity contribution in [2.45, 2.75) is 44.1 Å². The number of hydrogen-bond donors (Lipinski definition) is 2. The van der Waals surface area contributed by atoms with E-state index in [1.165, 1.54) is 12.1 Å². The fourth-order valence-corrected chi connectivity index (χ4v) is 2.94. The van der Waals surface area contributed by atoms with Crippen molar-refractivity contribution in [3.63, 3.8) is 0 Å². The number of carboxylic acids is 1. The van der Waals surface area contributed by atoms with Crippen LogP contribution in [0.5, 0.6) is 0 Å². The topological polar surface area (TPSA) is 66.4 Å². The SMILES string of the molecule is O=C(Cc1ccc(Br)c(F)c1)NC1(C(=O)O)CCCCC1. The summed E-state index contributed by atoms with van der Waals surface area (Å²) in [5, 5.41) is 12.0. The summed E-state index contributed by atoms with van der Waals surface area (Å²) in [5.41, 5.74) is -0.645. The average molecular weight is 358 g/mol. The molecule has 6 heteroatoms. The van der Waals surface area contributed by atoms with Crippen molar-refractivity contribution in [3.05, 3.63) is 34.1 Å². The molecule has 1 aliphatic rings. The molecule has 1 amide bonds. The Morgan fingerprint density at radius 3 is 2.52 bits per heavy atom. The summed E-state index contributed by atoms with van der Waals surface area (Å²) in [6, 6.07) is 4.45. The first-order chi connectivity index (χ1) is 9.93. The van der Waals surface area contributed by atoms with Gasteiger partial charge in [-0.1, -0.05) is 25.3 Å². The van der Waals surface area contributed by atoms with Crippen LogP contribution in [-0.2, 0) is 16.0 Å². The molecular weight excluding hydrogens is 341 g/mol. The zero-order valence-electron chi connectivity index (χ0n) is 11.5. The normalized spacial score (nSPS) is 17.2. The second-order valence-electron chi connectivity index (χ2n) is 5.42. The molecular formula is C15H17BrFNO3. The first-order valence-corrected chi connectivity index (χ1v) is 7.71. The van der Waals surface area contributed by atoms with Gasteiger partial charge in [-0.15, -0.1) is 0 Å². The Labute approximate surface area is 130 Å². The fourth-order valence-electron chi connectivity index (χ4n) is 2.69. The molecule has 4 nitrogen and oxygen atoms in total. The van der Waals surface area contributed by atoms with E-state index in [-0.39, 0.29) is 12.3 Å². The van der Waals surface area contributed by atoms with Crippen LogP contribution >= 0.6 is 15.9 Å². The first kappa shape index (κ1) is 15.9. The van der Waals surface area contributed by atoms with Gasteiger partial charge in [0.05, 0.1) is 10.9 Å². The predicted molar refractivity (Wildman–Crippen MR) is 79.4 cm³/mol. The number of aliphatic carboxylic acids is 1. The minimum absolute atomic E-state index is 0.0285. The molecule has 1 saturated carbocycles. The zero-order valence-corrected chi connectivity index (χ0v) is 13.1. The van der Waals surface area contributed by atoms with Gasteiger partial charge < -0.3 is 10.4 Å². The van der Waals surface area contributed by atoms with Gasteiger partial charge >= 0.3 is 5.97 Å². The Bertz CT molecular complexity index is 556. The Morgan fingerprint density at radius 2 is 1.95 bits per heavy atom. The third-order valence-corrected chi connectivity index (χ3v) is 4.49. The molecule has 1 aliphatic carbocycles. The number of halogens is 2. The van der Waals surface area contributed by atoms with Gasteiger partial charge in [-0.25, -0.2) is 9.18 Å². The summed E-state index contributed by atoms with van der Waals surface area (Å²) < 4.78 is 13.8. The van der Waals surface area contributed by atoms with E-state index in [1.807, 2.05) is 0 Å². The molecule has 2 N–H and O–H groups in total. The van der Waals surface area contributed by atoms with Gasteiger partial charge in [0.1, 0.15) is 11.4 Å². The van der Waals surface area contributed by atoms with Gasteiger partial charge in [0, 0.05) is 0 Å². The number of carbonyl (C=O) groups excluding carboxylic acids is 1. The van der Waals surface area contributed by atoms with Crippen molar-refractivity contribution >= 4 is 27.8 Å². The molecule has 21 heavy (non-hydrogen) atoms. The molecule has 0 atom stereocenters. The van der Waals surface area contributed by atoms with E-state index >= 15 is 0 Å². The summed E-state index contributed by atoms with van der Waals surface area (Å²) in [5.74, 6) is -1.82. The van der Waals surface area contributed by atoms with Gasteiger partial charge in [-0.3, -0.25) is 4.79 Å². The summed E-state index contributed by atoms with van der Waals surface area (Å²) in [6.07, 6.45) is 3.44. The van der Waals surface area contributed by atoms with Crippen LogP contribution in [0, 0.1) is 5.82 Å². The lowest BCUT2D eigenvalue weighted by atomic mass is 9.81. The van der Waals surface area contributed by atoms with Crippen LogP contribution in [0.4, 0.5) is 4.39 Å². The highest BCUT2D eigenvalue weighted by atomic mass is 79.9. The first-order valence-electron chi connectivity index (χ1n) is 6.91. The molecule has 1 aromatic rings. The summed E-state index contributed by atoms with van der Waals surface area (Å²) in [6.45, 7) is 0. The maximum absolute atomic E-state index is 13.4. The largest absolute Gasteiger partial charge is 0.480 e. The van der Waals surface area contributed by atoms with E-state index < -0.39 is 17.3 Å². The third kappa shape index (κ3) is 3.81. The van der Waals surface area contributed by atoms with Crippen LogP contribution in [0.15, 0.2) is 22.7 Å². The molecule has 0 bridgehead atoms. The summed E-state index contributed by atoms with van der Waals surface area (Å²) in [7, 11) is 0. The van der Waals surface area contributed by atoms with Crippen molar-refractivity contribution in [2.75, 3.05) is 0 Å². The van der Waals surface area contributed by atoms with Crippen LogP contribution in [0.1, 0.15) is 37.7 Å². The van der Waals surface area contributed by atoms with E-state index in [1.54, 1.807) is 6.07 Å². The number of benzene rings is 1. The van der Waals surface area contributed by atoms with Crippen LogP contribution in [0.3, 0.4) is 0 Å². The third-order valence-electron chi connectivity index (χ3n) is 3.84. The summed E-state index contributed by atoms with van der Waals surface area (Å²) >= 11 is 3.05. The molecule has 0 unspecified atom stereocenters. The van der Waals surface area contributed by atoms with Crippen molar-refractivity contribution in [3.8, 4) is 0 Å². The molecule has 0 radical (unpaired) electrons. The predicted octanol–water partition coefficient (Wildman–Crippen LogP) is 3.03. The van der Waals surface area contributed by atoms with Crippen LogP contribution < -0.4 is 5.32 Å². The van der Waals surface area contributed by atoms with Gasteiger partial charge in [-0.05, 0) is 46.5 Å². The maximum Gasteiger partial charge on any atom is 0.329 e. The molecule has 1 fully saturated rings. The maximum atomic E-state index is 13.4. The van der Waals surface area contributed by atoms with Crippen LogP contribution in [0.2, 0.25) is 0 Å². The monoisotopic (exact) mass is 357 g/mol. The molecule has 1 aromatic carbocycles. The number of rotatable bonds is 4. The van der Waals surface area contributed by atoms with E-state index in [0.29, 0.717) is 22.9 Å². The minimum atomic E-state index is -1.16. The van der Waals surface area contributed by atoms with Crippen molar-refractivity contribution < 1.29 is 19.1 Å². The molecule has 0 saturated heterocycles. The second kappa shape index (κ2) is 6.56. The molecule has 0 spiro atoms. The smallest absolute Gasteiger partial charge is 0.329 e. The Kier molecular flexibility index (Phi) is 4.98. The Hall–Kier alpha value is -1.43. The lowest BCUT2D eigenvalue weighted by Crippen LogP contribution is -2.55. The minimum Gasteiger partial charge on any atom is -0.480 e. The van der Waals surface area contributed by atoms with Crippen molar-refractivity contribution in [1.29, 1.82) is 0 Å². The quantitative estimate of drug-likeness (QED) is 0.870. The van der Waals surface area contributed by atoms with Gasteiger partial charge in [-0.2, -0.15) is 0 Å². The lowest BCUT2D eigenvalue weighted by Gasteiger charge is -2.34. The second-order valence-corrected chi connectivity index (χ2v) is 6.28. The number of amides is 1. The molecule has 0 heterocycles. The van der Waals surface area contributed by atoms with Gasteiger partial charge in [0.25, 0.3) is 0 Å². The van der Waals surface area contributed by atoms with Gasteiger partial charge in [0.15, 0.2) is 0 Å². The highest BCUT2D eigenvalue weighted by Gasteiger charge is 2.40. The number of carbonyl (C=O) groups is 2. The van der Waals surface area contributed by atoms with Crippen LogP contribution in [0.25, 0.3) is 0 Å². The molecule has 0 aliphatic heterocycles. The van der Waals surface area contributed by atoms with Crippen molar-refractivity contribution in [1.82, 2.24) is 5.32 Å². The number of carboxylic acid groups (broad SMARTS) is 1. The van der Waals surface area contributed by atoms with E-state index in [0.717, 1.165) is 19.3 Å². The zero-order chi connectivity index (χ0) is 15.5. The average Bonchev–Trinajstić information content (AvgIpc) is 2.43. The Morgan fingerprint density at radius 1 is 1.29 bits per heavy atom. The lowest BCUT2D eigenvalue weighted by molar-refractivity contribution is -0.149. The van der Waals surface area contributed by atoms with Crippen molar-refractivity contribution in [2.24, 2.45) is 0 Å². The standard InChI is InChI=1S/C15H17BrFNO3/c16-11-5-4-10(8-12(11)17)9-13(19)18-15(14(20)21)6-2-1-3-7-15/h4-5,8H,1-3,6-7,9H2,(H,18,19)(H,20,21). The highest BCUT2D eigenvalue weighted by molar-refractivity contribution is 9.10. The highest BCUT2D eigenvalue weighted by Crippen LogP contribution is 2.28. The number of hydrogen-bond acceptors (Lipinski definition) is 2. The van der Waals surface area contributed by atoms with E-state index in [4.69, 9.17) is 0 Å². The van der Waals surface area contributed by atoms with Crippen LogP contribution in [-0.4, -0.2) is 22.5 Å². The Balaban J connectivity index is 2.05. The molecule has 0 aromatic heterocycles. The molecule has 114 valence electrons. The molecule has 2 rings (SSSR count). The van der Waals surface area contributed by atoms with Gasteiger partial charge in [0.2, 0.25) is 5.91 Å². The summed E-state index contributed by atoms with van der Waals surface area (Å²) in [4.78, 5) is 23.6.